The quantitative estimate of drug-likeness (QED) is 0.499. The number of carbonyl (C=O) groups excluding carboxylic acids is 1. The minimum absolute atomic E-state index is 0.449. The molecule has 1 rings (SSSR count). The Labute approximate surface area is 64.6 Å². The second kappa shape index (κ2) is 3.66. The summed E-state index contributed by atoms with van der Waals surface area (Å²) >= 11 is 0. The van der Waals surface area contributed by atoms with Gasteiger partial charge in [0.1, 0.15) is 0 Å². The van der Waals surface area contributed by atoms with E-state index in [1.165, 1.54) is 6.08 Å². The Morgan fingerprint density at radius 2 is 2.45 bits per heavy atom. The predicted molar refractivity (Wildman–Crippen MR) is 41.0 cm³/mol. The molecule has 1 aromatic rings. The van der Waals surface area contributed by atoms with Gasteiger partial charge in [0.05, 0.1) is 5.69 Å². The number of aliphatic imine (C=N–C) groups is 1. The highest BCUT2D eigenvalue weighted by atomic mass is 16.1. The molecule has 0 heterocycles. The number of rotatable bonds is 2. The molecule has 0 atom stereocenters. The summed E-state index contributed by atoms with van der Waals surface area (Å²) in [7, 11) is 0. The second-order valence-electron chi connectivity index (χ2n) is 1.98. The highest BCUT2D eigenvalue weighted by molar-refractivity contribution is 5.48. The lowest BCUT2D eigenvalue weighted by molar-refractivity contribution is 0.565. The summed E-state index contributed by atoms with van der Waals surface area (Å²) in [5.41, 5.74) is 6.79. The van der Waals surface area contributed by atoms with Crippen LogP contribution in [-0.4, -0.2) is 6.08 Å². The van der Waals surface area contributed by atoms with Gasteiger partial charge < -0.3 is 5.73 Å². The van der Waals surface area contributed by atoms with Crippen LogP contribution in [0.5, 0.6) is 0 Å². The van der Waals surface area contributed by atoms with Crippen molar-refractivity contribution in [3.8, 4) is 0 Å². The maximum atomic E-state index is 9.80. The molecule has 0 aliphatic carbocycles. The smallest absolute Gasteiger partial charge is 0.240 e. The summed E-state index contributed by atoms with van der Waals surface area (Å²) < 4.78 is 0. The first-order chi connectivity index (χ1) is 5.36. The minimum Gasteiger partial charge on any atom is -0.326 e. The normalized spacial score (nSPS) is 8.82. The molecule has 1 radical (unpaired) electrons. The van der Waals surface area contributed by atoms with Crippen molar-refractivity contribution in [3.63, 3.8) is 0 Å². The lowest BCUT2D eigenvalue weighted by Gasteiger charge is -1.93. The molecular weight excluding hydrogens is 140 g/mol. The van der Waals surface area contributed by atoms with E-state index in [9.17, 15) is 4.79 Å². The van der Waals surface area contributed by atoms with Crippen molar-refractivity contribution in [2.24, 2.45) is 10.7 Å². The highest BCUT2D eigenvalue weighted by Gasteiger charge is 1.89. The van der Waals surface area contributed by atoms with Gasteiger partial charge in [0.25, 0.3) is 0 Å². The Morgan fingerprint density at radius 3 is 2.91 bits per heavy atom. The van der Waals surface area contributed by atoms with Gasteiger partial charge in [-0.25, -0.2) is 4.79 Å². The standard InChI is InChI=1S/C8H7N2O/c9-5-7-1-3-8(4-2-7)10-6-11/h1,3-4H,5,9H2. The Kier molecular flexibility index (Phi) is 2.55. The third-order valence-electron chi connectivity index (χ3n) is 1.26. The van der Waals surface area contributed by atoms with E-state index in [1.54, 1.807) is 18.2 Å². The molecule has 0 amide bonds. The van der Waals surface area contributed by atoms with E-state index in [2.05, 4.69) is 11.1 Å². The van der Waals surface area contributed by atoms with Crippen molar-refractivity contribution in [2.45, 2.75) is 6.54 Å². The molecule has 0 fully saturated rings. The van der Waals surface area contributed by atoms with Gasteiger partial charge in [-0.2, -0.15) is 4.99 Å². The lowest BCUT2D eigenvalue weighted by atomic mass is 10.2. The first-order valence-corrected chi connectivity index (χ1v) is 3.15. The maximum Gasteiger partial charge on any atom is 0.240 e. The van der Waals surface area contributed by atoms with Gasteiger partial charge in [-0.15, -0.1) is 0 Å². The number of hydrogen-bond donors (Lipinski definition) is 1. The predicted octanol–water partition coefficient (Wildman–Crippen LogP) is 0.913. The van der Waals surface area contributed by atoms with Crippen molar-refractivity contribution in [1.29, 1.82) is 0 Å². The zero-order valence-electron chi connectivity index (χ0n) is 5.87. The fourth-order valence-electron chi connectivity index (χ4n) is 0.698. The van der Waals surface area contributed by atoms with Crippen LogP contribution in [0.25, 0.3) is 0 Å². The molecule has 3 nitrogen and oxygen atoms in total. The van der Waals surface area contributed by atoms with E-state index in [0.29, 0.717) is 12.2 Å². The van der Waals surface area contributed by atoms with E-state index in [4.69, 9.17) is 5.73 Å². The topological polar surface area (TPSA) is 55.4 Å². The molecule has 55 valence electrons. The average molecular weight is 147 g/mol. The van der Waals surface area contributed by atoms with Gasteiger partial charge in [-0.05, 0) is 23.8 Å². The van der Waals surface area contributed by atoms with Crippen LogP contribution < -0.4 is 5.73 Å². The van der Waals surface area contributed by atoms with Gasteiger partial charge in [0.15, 0.2) is 0 Å². The monoisotopic (exact) mass is 147 g/mol. The molecule has 0 aliphatic rings. The number of benzene rings is 1. The molecule has 0 aromatic heterocycles. The van der Waals surface area contributed by atoms with Crippen LogP contribution in [0.3, 0.4) is 0 Å². The molecule has 0 aliphatic heterocycles. The van der Waals surface area contributed by atoms with Crippen LogP contribution >= 0.6 is 0 Å². The molecule has 0 spiro atoms. The van der Waals surface area contributed by atoms with E-state index in [0.717, 1.165) is 5.56 Å². The molecule has 0 saturated heterocycles. The molecule has 0 bridgehead atoms. The van der Waals surface area contributed by atoms with Crippen LogP contribution in [0.2, 0.25) is 0 Å². The highest BCUT2D eigenvalue weighted by Crippen LogP contribution is 2.10. The molecular formula is C8H7N2O. The first kappa shape index (κ1) is 7.66. The van der Waals surface area contributed by atoms with Gasteiger partial charge in [-0.3, -0.25) is 0 Å². The summed E-state index contributed by atoms with van der Waals surface area (Å²) in [5, 5.41) is 0. The van der Waals surface area contributed by atoms with E-state index in [1.807, 2.05) is 0 Å². The maximum absolute atomic E-state index is 9.80. The van der Waals surface area contributed by atoms with Crippen LogP contribution in [0.15, 0.2) is 23.2 Å². The van der Waals surface area contributed by atoms with Crippen LogP contribution in [-0.2, 0) is 11.3 Å². The first-order valence-electron chi connectivity index (χ1n) is 3.15. The van der Waals surface area contributed by atoms with E-state index in [-0.39, 0.29) is 0 Å². The summed E-state index contributed by atoms with van der Waals surface area (Å²) in [6, 6.07) is 7.95. The Hall–Kier alpha value is -1.44. The zero-order chi connectivity index (χ0) is 8.10. The molecule has 11 heavy (non-hydrogen) atoms. The van der Waals surface area contributed by atoms with Crippen molar-refractivity contribution in [3.05, 3.63) is 29.8 Å². The third kappa shape index (κ3) is 2.00. The number of nitrogens with two attached hydrogens (primary N) is 1. The Bertz CT molecular complexity index is 273. The average Bonchev–Trinajstić information content (AvgIpc) is 2.07. The zero-order valence-corrected chi connectivity index (χ0v) is 5.87. The van der Waals surface area contributed by atoms with Crippen molar-refractivity contribution >= 4 is 11.8 Å². The lowest BCUT2D eigenvalue weighted by Crippen LogP contribution is -1.94. The van der Waals surface area contributed by atoms with Gasteiger partial charge in [0.2, 0.25) is 6.08 Å². The van der Waals surface area contributed by atoms with Crippen LogP contribution in [0, 0.1) is 6.07 Å². The van der Waals surface area contributed by atoms with Crippen molar-refractivity contribution < 1.29 is 4.79 Å². The van der Waals surface area contributed by atoms with Gasteiger partial charge >= 0.3 is 0 Å². The van der Waals surface area contributed by atoms with Gasteiger partial charge in [0, 0.05) is 6.54 Å². The Morgan fingerprint density at radius 1 is 1.64 bits per heavy atom. The molecule has 0 unspecified atom stereocenters. The molecule has 3 heteroatoms. The summed E-state index contributed by atoms with van der Waals surface area (Å²) in [5.74, 6) is 0. The largest absolute Gasteiger partial charge is 0.326 e. The number of nitrogens with zero attached hydrogens (tertiary/aromatic N) is 1. The fraction of sp³-hybridized carbons (Fsp3) is 0.125. The van der Waals surface area contributed by atoms with Crippen molar-refractivity contribution in [2.75, 3.05) is 0 Å². The molecule has 0 saturated carbocycles. The van der Waals surface area contributed by atoms with Crippen molar-refractivity contribution in [1.82, 2.24) is 0 Å². The molecule has 1 aromatic carbocycles. The number of isocyanates is 1. The summed E-state index contributed by atoms with van der Waals surface area (Å²) in [6.45, 7) is 0.449. The Balaban J connectivity index is 2.91. The summed E-state index contributed by atoms with van der Waals surface area (Å²) in [4.78, 5) is 13.2. The van der Waals surface area contributed by atoms with E-state index < -0.39 is 0 Å². The van der Waals surface area contributed by atoms with Crippen LogP contribution in [0.1, 0.15) is 5.56 Å². The fourth-order valence-corrected chi connectivity index (χ4v) is 0.698. The minimum atomic E-state index is 0.449. The number of hydrogen-bond acceptors (Lipinski definition) is 3. The summed E-state index contributed by atoms with van der Waals surface area (Å²) in [6.07, 6.45) is 1.45. The van der Waals surface area contributed by atoms with Crippen LogP contribution in [0.4, 0.5) is 5.69 Å². The second-order valence-corrected chi connectivity index (χ2v) is 1.98. The van der Waals surface area contributed by atoms with Gasteiger partial charge in [-0.1, -0.05) is 6.07 Å². The third-order valence-corrected chi connectivity index (χ3v) is 1.26. The molecule has 2 N–H and O–H groups in total. The SMILES string of the molecule is NCc1[c]cc(N=C=O)cc1. The van der Waals surface area contributed by atoms with E-state index >= 15 is 0 Å².